The van der Waals surface area contributed by atoms with Gasteiger partial charge in [0.1, 0.15) is 4.34 Å². The molecular weight excluding hydrogens is 394 g/mol. The maximum atomic E-state index is 12.7. The van der Waals surface area contributed by atoms with Crippen molar-refractivity contribution in [3.8, 4) is 0 Å². The van der Waals surface area contributed by atoms with Gasteiger partial charge in [0.05, 0.1) is 11.5 Å². The second-order valence-corrected chi connectivity index (χ2v) is 8.37. The van der Waals surface area contributed by atoms with Gasteiger partial charge in [-0.25, -0.2) is 4.98 Å². The predicted molar refractivity (Wildman–Crippen MR) is 112 cm³/mol. The molecule has 3 aromatic rings. The molecule has 2 aromatic carbocycles. The molecule has 0 saturated carbocycles. The molecule has 0 N–H and O–H groups in total. The summed E-state index contributed by atoms with van der Waals surface area (Å²) in [7, 11) is 1.65. The third kappa shape index (κ3) is 4.96. The van der Waals surface area contributed by atoms with Gasteiger partial charge in [0.25, 0.3) is 11.6 Å². The SMILES string of the molecule is Cc1csc(SCc2ccc(C(=O)N(C)Cc3ccccc3[N+](=O)[O-])cc2)n1. The molecule has 8 heteroatoms. The number of carbonyl (C=O) groups is 1. The van der Waals surface area contributed by atoms with Gasteiger partial charge in [0, 0.05) is 41.1 Å². The maximum Gasteiger partial charge on any atom is 0.274 e. The second-order valence-electron chi connectivity index (χ2n) is 6.29. The molecule has 1 amide bonds. The Morgan fingerprint density at radius 2 is 1.93 bits per heavy atom. The van der Waals surface area contributed by atoms with Crippen LogP contribution in [0.15, 0.2) is 58.3 Å². The van der Waals surface area contributed by atoms with Crippen molar-refractivity contribution in [3.05, 3.63) is 86.4 Å². The molecule has 0 spiro atoms. The zero-order valence-corrected chi connectivity index (χ0v) is 17.1. The molecule has 144 valence electrons. The number of benzene rings is 2. The fourth-order valence-corrected chi connectivity index (χ4v) is 4.46. The van der Waals surface area contributed by atoms with Crippen LogP contribution < -0.4 is 0 Å². The Labute approximate surface area is 171 Å². The van der Waals surface area contributed by atoms with Gasteiger partial charge in [0.15, 0.2) is 0 Å². The number of hydrogen-bond donors (Lipinski definition) is 0. The first-order valence-electron chi connectivity index (χ1n) is 8.55. The molecule has 0 aliphatic heterocycles. The van der Waals surface area contributed by atoms with Crippen molar-refractivity contribution in [2.45, 2.75) is 23.6 Å². The van der Waals surface area contributed by atoms with Crippen molar-refractivity contribution in [2.75, 3.05) is 7.05 Å². The van der Waals surface area contributed by atoms with Gasteiger partial charge in [-0.3, -0.25) is 14.9 Å². The zero-order valence-electron chi connectivity index (χ0n) is 15.5. The van der Waals surface area contributed by atoms with Gasteiger partial charge in [0.2, 0.25) is 0 Å². The number of aryl methyl sites for hydroxylation is 1. The first kappa shape index (κ1) is 20.0. The molecule has 0 aliphatic carbocycles. The quantitative estimate of drug-likeness (QED) is 0.312. The fraction of sp³-hybridized carbons (Fsp3) is 0.200. The standard InChI is InChI=1S/C20H19N3O3S2/c1-14-12-27-20(21-14)28-13-15-7-9-16(10-8-15)19(24)22(2)11-17-5-3-4-6-18(17)23(25)26/h3-10,12H,11,13H2,1-2H3. The number of thiazole rings is 1. The molecule has 1 aromatic heterocycles. The lowest BCUT2D eigenvalue weighted by molar-refractivity contribution is -0.385. The van der Waals surface area contributed by atoms with E-state index in [0.717, 1.165) is 21.3 Å². The van der Waals surface area contributed by atoms with Crippen LogP contribution in [-0.2, 0) is 12.3 Å². The average Bonchev–Trinajstić information content (AvgIpc) is 3.11. The summed E-state index contributed by atoms with van der Waals surface area (Å²) >= 11 is 3.30. The second kappa shape index (κ2) is 8.99. The summed E-state index contributed by atoms with van der Waals surface area (Å²) in [5.74, 6) is 0.612. The predicted octanol–water partition coefficient (Wildman–Crippen LogP) is 4.92. The molecule has 1 heterocycles. The number of nitro groups is 1. The third-order valence-electron chi connectivity index (χ3n) is 4.10. The highest BCUT2D eigenvalue weighted by Gasteiger charge is 2.18. The van der Waals surface area contributed by atoms with Crippen molar-refractivity contribution in [2.24, 2.45) is 0 Å². The van der Waals surface area contributed by atoms with E-state index in [1.165, 1.54) is 11.0 Å². The summed E-state index contributed by atoms with van der Waals surface area (Å²) in [6.07, 6.45) is 0. The summed E-state index contributed by atoms with van der Waals surface area (Å²) < 4.78 is 1.03. The largest absolute Gasteiger partial charge is 0.337 e. The first-order chi connectivity index (χ1) is 13.4. The van der Waals surface area contributed by atoms with Crippen LogP contribution in [0.1, 0.15) is 27.2 Å². The van der Waals surface area contributed by atoms with Gasteiger partial charge in [-0.05, 0) is 24.6 Å². The minimum absolute atomic E-state index is 0.0203. The number of aromatic nitrogens is 1. The van der Waals surface area contributed by atoms with E-state index in [2.05, 4.69) is 4.98 Å². The molecule has 0 unspecified atom stereocenters. The van der Waals surface area contributed by atoms with Crippen LogP contribution in [0.3, 0.4) is 0 Å². The monoisotopic (exact) mass is 413 g/mol. The van der Waals surface area contributed by atoms with E-state index in [9.17, 15) is 14.9 Å². The molecular formula is C20H19N3O3S2. The van der Waals surface area contributed by atoms with E-state index in [-0.39, 0.29) is 18.1 Å². The molecule has 28 heavy (non-hydrogen) atoms. The average molecular weight is 414 g/mol. The summed E-state index contributed by atoms with van der Waals surface area (Å²) in [5.41, 5.74) is 3.22. The Balaban J connectivity index is 1.63. The van der Waals surface area contributed by atoms with Crippen molar-refractivity contribution in [1.82, 2.24) is 9.88 Å². The Morgan fingerprint density at radius 1 is 1.21 bits per heavy atom. The number of para-hydroxylation sites is 1. The molecule has 0 saturated heterocycles. The lowest BCUT2D eigenvalue weighted by atomic mass is 10.1. The van der Waals surface area contributed by atoms with Crippen LogP contribution in [0.5, 0.6) is 0 Å². The molecule has 0 radical (unpaired) electrons. The minimum atomic E-state index is -0.427. The van der Waals surface area contributed by atoms with Crippen molar-refractivity contribution in [3.63, 3.8) is 0 Å². The fourth-order valence-electron chi connectivity index (χ4n) is 2.66. The lowest BCUT2D eigenvalue weighted by Gasteiger charge is -2.17. The zero-order chi connectivity index (χ0) is 20.1. The smallest absolute Gasteiger partial charge is 0.274 e. The topological polar surface area (TPSA) is 76.3 Å². The molecule has 0 fully saturated rings. The van der Waals surface area contributed by atoms with E-state index >= 15 is 0 Å². The number of carbonyl (C=O) groups excluding carboxylic acids is 1. The van der Waals surface area contributed by atoms with E-state index in [1.54, 1.807) is 60.5 Å². The summed E-state index contributed by atoms with van der Waals surface area (Å²) in [4.78, 5) is 29.3. The number of thioether (sulfide) groups is 1. The number of amides is 1. The van der Waals surface area contributed by atoms with Gasteiger partial charge in [-0.1, -0.05) is 42.1 Å². The molecule has 0 aliphatic rings. The highest BCUT2D eigenvalue weighted by molar-refractivity contribution is 8.00. The number of hydrogen-bond acceptors (Lipinski definition) is 6. The minimum Gasteiger partial charge on any atom is -0.337 e. The van der Waals surface area contributed by atoms with E-state index in [1.807, 2.05) is 24.4 Å². The molecule has 3 rings (SSSR count). The van der Waals surface area contributed by atoms with Gasteiger partial charge >= 0.3 is 0 Å². The normalized spacial score (nSPS) is 10.6. The van der Waals surface area contributed by atoms with E-state index in [4.69, 9.17) is 0 Å². The van der Waals surface area contributed by atoms with Crippen LogP contribution in [-0.4, -0.2) is 27.8 Å². The van der Waals surface area contributed by atoms with Gasteiger partial charge in [-0.2, -0.15) is 0 Å². The van der Waals surface area contributed by atoms with Crippen LogP contribution in [0, 0.1) is 17.0 Å². The highest BCUT2D eigenvalue weighted by atomic mass is 32.2. The van der Waals surface area contributed by atoms with Crippen molar-refractivity contribution in [1.29, 1.82) is 0 Å². The van der Waals surface area contributed by atoms with Gasteiger partial charge < -0.3 is 4.90 Å². The summed E-state index contributed by atoms with van der Waals surface area (Å²) in [6.45, 7) is 2.15. The highest BCUT2D eigenvalue weighted by Crippen LogP contribution is 2.26. The Hall–Kier alpha value is -2.71. The van der Waals surface area contributed by atoms with Crippen LogP contribution in [0.4, 0.5) is 5.69 Å². The van der Waals surface area contributed by atoms with Crippen molar-refractivity contribution < 1.29 is 9.72 Å². The van der Waals surface area contributed by atoms with E-state index < -0.39 is 4.92 Å². The molecule has 6 nitrogen and oxygen atoms in total. The van der Waals surface area contributed by atoms with Crippen LogP contribution in [0.25, 0.3) is 0 Å². The van der Waals surface area contributed by atoms with Crippen molar-refractivity contribution >= 4 is 34.7 Å². The lowest BCUT2D eigenvalue weighted by Crippen LogP contribution is -2.26. The first-order valence-corrected chi connectivity index (χ1v) is 10.4. The number of nitrogens with zero attached hydrogens (tertiary/aromatic N) is 3. The third-order valence-corrected chi connectivity index (χ3v) is 6.31. The number of rotatable bonds is 7. The van der Waals surface area contributed by atoms with Crippen LogP contribution in [0.2, 0.25) is 0 Å². The maximum absolute atomic E-state index is 12.7. The van der Waals surface area contributed by atoms with Crippen LogP contribution >= 0.6 is 23.1 Å². The molecule has 0 atom stereocenters. The Kier molecular flexibility index (Phi) is 6.43. The summed E-state index contributed by atoms with van der Waals surface area (Å²) in [5, 5.41) is 13.2. The molecule has 0 bridgehead atoms. The Morgan fingerprint density at radius 3 is 2.57 bits per heavy atom. The number of nitro benzene ring substituents is 1. The van der Waals surface area contributed by atoms with E-state index in [0.29, 0.717) is 11.1 Å². The van der Waals surface area contributed by atoms with Gasteiger partial charge in [-0.15, -0.1) is 11.3 Å². The Bertz CT molecular complexity index is 986. The summed E-state index contributed by atoms with van der Waals surface area (Å²) in [6, 6.07) is 13.9.